The van der Waals surface area contributed by atoms with Crippen molar-refractivity contribution in [3.63, 3.8) is 0 Å². The molecule has 0 spiro atoms. The van der Waals surface area contributed by atoms with Gasteiger partial charge in [0.2, 0.25) is 0 Å². The molecule has 19 heavy (non-hydrogen) atoms. The maximum Gasteiger partial charge on any atom is 0.0247 e. The molecule has 0 saturated carbocycles. The number of halogens is 1. The maximum absolute atomic E-state index is 3.86. The Kier molecular flexibility index (Phi) is 3.22. The molecule has 0 aliphatic heterocycles. The summed E-state index contributed by atoms with van der Waals surface area (Å²) in [5.41, 5.74) is 3.59. The van der Waals surface area contributed by atoms with Crippen molar-refractivity contribution < 1.29 is 0 Å². The average Bonchev–Trinajstić information content (AvgIpc) is 2.47. The molecule has 3 aromatic carbocycles. The Morgan fingerprint density at radius 2 is 1.68 bits per heavy atom. The molecule has 0 heterocycles. The number of fused-ring (bicyclic) bond motifs is 1. The molecular formula is C18H13Br. The Morgan fingerprint density at radius 1 is 0.895 bits per heavy atom. The molecule has 0 radical (unpaired) electrons. The van der Waals surface area contributed by atoms with Gasteiger partial charge in [0.25, 0.3) is 0 Å². The average molecular weight is 309 g/mol. The lowest BCUT2D eigenvalue weighted by Crippen LogP contribution is -1.83. The molecule has 3 rings (SSSR count). The largest absolute Gasteiger partial charge is 0.0984 e. The van der Waals surface area contributed by atoms with E-state index in [1.165, 1.54) is 21.9 Å². The summed E-state index contributed by atoms with van der Waals surface area (Å²) in [7, 11) is 0. The summed E-state index contributed by atoms with van der Waals surface area (Å²) in [6.07, 6.45) is 1.87. The molecule has 92 valence electrons. The maximum atomic E-state index is 3.86. The van der Waals surface area contributed by atoms with Crippen LogP contribution in [0, 0.1) is 0 Å². The molecule has 0 N–H and O–H groups in total. The fraction of sp³-hybridized carbons (Fsp3) is 0. The summed E-state index contributed by atoms with van der Waals surface area (Å²) in [4.78, 5) is 0. The number of hydrogen-bond acceptors (Lipinski definition) is 0. The Morgan fingerprint density at radius 3 is 2.53 bits per heavy atom. The third-order valence-corrected chi connectivity index (χ3v) is 4.04. The van der Waals surface area contributed by atoms with Gasteiger partial charge in [0, 0.05) is 4.47 Å². The quantitative estimate of drug-likeness (QED) is 0.552. The zero-order valence-corrected chi connectivity index (χ0v) is 12.0. The highest BCUT2D eigenvalue weighted by Gasteiger charge is 2.05. The molecule has 0 saturated heterocycles. The van der Waals surface area contributed by atoms with Crippen LogP contribution in [0.15, 0.2) is 71.7 Å². The van der Waals surface area contributed by atoms with Crippen LogP contribution in [0.5, 0.6) is 0 Å². The van der Waals surface area contributed by atoms with Gasteiger partial charge in [0.15, 0.2) is 0 Å². The van der Waals surface area contributed by atoms with Crippen molar-refractivity contribution >= 4 is 32.8 Å². The third kappa shape index (κ3) is 2.22. The van der Waals surface area contributed by atoms with Gasteiger partial charge >= 0.3 is 0 Å². The van der Waals surface area contributed by atoms with Crippen molar-refractivity contribution in [3.05, 3.63) is 77.3 Å². The van der Waals surface area contributed by atoms with E-state index in [1.807, 2.05) is 6.08 Å². The Labute approximate surface area is 121 Å². The molecule has 0 atom stereocenters. The van der Waals surface area contributed by atoms with Crippen LogP contribution in [-0.2, 0) is 0 Å². The second-order valence-electron chi connectivity index (χ2n) is 4.47. The van der Waals surface area contributed by atoms with Gasteiger partial charge in [0.05, 0.1) is 0 Å². The van der Waals surface area contributed by atoms with E-state index in [-0.39, 0.29) is 0 Å². The van der Waals surface area contributed by atoms with Crippen LogP contribution < -0.4 is 0 Å². The highest BCUT2D eigenvalue weighted by Crippen LogP contribution is 2.31. The zero-order valence-electron chi connectivity index (χ0n) is 10.4. The Hall–Kier alpha value is -1.86. The van der Waals surface area contributed by atoms with E-state index < -0.39 is 0 Å². The summed E-state index contributed by atoms with van der Waals surface area (Å²) in [5.74, 6) is 0. The third-order valence-electron chi connectivity index (χ3n) is 3.32. The first-order valence-corrected chi connectivity index (χ1v) is 6.99. The van der Waals surface area contributed by atoms with Gasteiger partial charge in [-0.25, -0.2) is 0 Å². The lowest BCUT2D eigenvalue weighted by atomic mass is 9.97. The Bertz CT molecular complexity index is 751. The van der Waals surface area contributed by atoms with Crippen LogP contribution in [0.25, 0.3) is 28.0 Å². The van der Waals surface area contributed by atoms with Crippen LogP contribution in [0.4, 0.5) is 0 Å². The summed E-state index contributed by atoms with van der Waals surface area (Å²) in [6, 6.07) is 21.3. The molecule has 0 bridgehead atoms. The van der Waals surface area contributed by atoms with E-state index in [1.54, 1.807) is 0 Å². The molecule has 0 amide bonds. The van der Waals surface area contributed by atoms with E-state index in [4.69, 9.17) is 0 Å². The van der Waals surface area contributed by atoms with Gasteiger partial charge in [-0.15, -0.1) is 0 Å². The minimum atomic E-state index is 1.08. The van der Waals surface area contributed by atoms with Gasteiger partial charge in [-0.2, -0.15) is 0 Å². The molecule has 0 fully saturated rings. The fourth-order valence-corrected chi connectivity index (χ4v) is 2.75. The van der Waals surface area contributed by atoms with E-state index in [9.17, 15) is 0 Å². The topological polar surface area (TPSA) is 0 Å². The molecule has 0 aliphatic rings. The predicted molar refractivity (Wildman–Crippen MR) is 87.2 cm³/mol. The van der Waals surface area contributed by atoms with E-state index in [2.05, 4.69) is 83.2 Å². The minimum Gasteiger partial charge on any atom is -0.0984 e. The normalized spacial score (nSPS) is 10.6. The van der Waals surface area contributed by atoms with Crippen LogP contribution in [-0.4, -0.2) is 0 Å². The standard InChI is InChI=1S/C18H13Br/c1-2-13-12-15(10-11-18(13)19)17-9-5-7-14-6-3-4-8-16(14)17/h2-12H,1H2. The van der Waals surface area contributed by atoms with Gasteiger partial charge in [-0.3, -0.25) is 0 Å². The van der Waals surface area contributed by atoms with Crippen molar-refractivity contribution in [1.29, 1.82) is 0 Å². The fourth-order valence-electron chi connectivity index (χ4n) is 2.34. The lowest BCUT2D eigenvalue weighted by molar-refractivity contribution is 1.58. The zero-order chi connectivity index (χ0) is 13.2. The predicted octanol–water partition coefficient (Wildman–Crippen LogP) is 5.91. The summed E-state index contributed by atoms with van der Waals surface area (Å²) in [5, 5.41) is 2.55. The second kappa shape index (κ2) is 5.02. The van der Waals surface area contributed by atoms with Crippen molar-refractivity contribution in [2.45, 2.75) is 0 Å². The molecule has 0 nitrogen and oxygen atoms in total. The first-order valence-electron chi connectivity index (χ1n) is 6.20. The number of benzene rings is 3. The van der Waals surface area contributed by atoms with E-state index >= 15 is 0 Å². The highest BCUT2D eigenvalue weighted by molar-refractivity contribution is 9.10. The van der Waals surface area contributed by atoms with Crippen LogP contribution in [0.2, 0.25) is 0 Å². The number of hydrogen-bond donors (Lipinski definition) is 0. The van der Waals surface area contributed by atoms with Crippen LogP contribution in [0.1, 0.15) is 5.56 Å². The molecule has 1 heteroatoms. The second-order valence-corrected chi connectivity index (χ2v) is 5.32. The molecule has 0 aliphatic carbocycles. The van der Waals surface area contributed by atoms with Crippen molar-refractivity contribution in [2.75, 3.05) is 0 Å². The first-order chi connectivity index (χ1) is 9.29. The van der Waals surface area contributed by atoms with Crippen molar-refractivity contribution in [1.82, 2.24) is 0 Å². The summed E-state index contributed by atoms with van der Waals surface area (Å²) < 4.78 is 1.08. The van der Waals surface area contributed by atoms with Gasteiger partial charge in [-0.1, -0.05) is 77.1 Å². The number of rotatable bonds is 2. The van der Waals surface area contributed by atoms with Gasteiger partial charge in [-0.05, 0) is 39.6 Å². The highest BCUT2D eigenvalue weighted by atomic mass is 79.9. The van der Waals surface area contributed by atoms with Gasteiger partial charge in [0.1, 0.15) is 0 Å². The smallest absolute Gasteiger partial charge is 0.0247 e. The molecule has 3 aromatic rings. The summed E-state index contributed by atoms with van der Waals surface area (Å²) in [6.45, 7) is 3.86. The monoisotopic (exact) mass is 308 g/mol. The van der Waals surface area contributed by atoms with E-state index in [0.717, 1.165) is 10.0 Å². The SMILES string of the molecule is C=Cc1cc(-c2cccc3ccccc23)ccc1Br. The van der Waals surface area contributed by atoms with E-state index in [0.29, 0.717) is 0 Å². The van der Waals surface area contributed by atoms with Crippen LogP contribution in [0.3, 0.4) is 0 Å². The van der Waals surface area contributed by atoms with Crippen LogP contribution >= 0.6 is 15.9 Å². The summed E-state index contributed by atoms with van der Waals surface area (Å²) >= 11 is 3.54. The van der Waals surface area contributed by atoms with Crippen molar-refractivity contribution in [3.8, 4) is 11.1 Å². The van der Waals surface area contributed by atoms with Gasteiger partial charge < -0.3 is 0 Å². The lowest BCUT2D eigenvalue weighted by Gasteiger charge is -2.08. The molecule has 0 aromatic heterocycles. The molecule has 0 unspecified atom stereocenters. The first kappa shape index (κ1) is 12.2. The van der Waals surface area contributed by atoms with Crippen molar-refractivity contribution in [2.24, 2.45) is 0 Å². The molecular weight excluding hydrogens is 296 g/mol. The minimum absolute atomic E-state index is 1.08. The Balaban J connectivity index is 2.27.